The molecule has 17 heavy (non-hydrogen) atoms. The third kappa shape index (κ3) is 3.20. The van der Waals surface area contributed by atoms with Crippen LogP contribution in [-0.2, 0) is 13.0 Å². The van der Waals surface area contributed by atoms with Crippen LogP contribution >= 0.6 is 0 Å². The maximum atomic E-state index is 6.00. The highest BCUT2D eigenvalue weighted by atomic mass is 15.1. The molecule has 1 aliphatic heterocycles. The molecule has 1 aromatic rings. The van der Waals surface area contributed by atoms with E-state index in [2.05, 4.69) is 36.0 Å². The number of hydrogen-bond acceptors (Lipinski definition) is 3. The summed E-state index contributed by atoms with van der Waals surface area (Å²) in [6.07, 6.45) is 2.34. The van der Waals surface area contributed by atoms with Gasteiger partial charge in [0.2, 0.25) is 0 Å². The third-order valence-electron chi connectivity index (χ3n) is 3.46. The first-order valence-corrected chi connectivity index (χ1v) is 6.40. The van der Waals surface area contributed by atoms with Gasteiger partial charge in [-0.05, 0) is 57.2 Å². The van der Waals surface area contributed by atoms with E-state index in [1.165, 1.54) is 30.6 Å². The Morgan fingerprint density at radius 3 is 2.94 bits per heavy atom. The number of nitrogen functional groups attached to an aromatic ring is 1. The molecule has 3 heteroatoms. The first kappa shape index (κ1) is 12.4. The van der Waals surface area contributed by atoms with Crippen molar-refractivity contribution < 1.29 is 0 Å². The molecule has 0 amide bonds. The van der Waals surface area contributed by atoms with Gasteiger partial charge in [0.1, 0.15) is 0 Å². The van der Waals surface area contributed by atoms with E-state index in [-0.39, 0.29) is 0 Å². The third-order valence-corrected chi connectivity index (χ3v) is 3.46. The quantitative estimate of drug-likeness (QED) is 0.801. The first-order valence-electron chi connectivity index (χ1n) is 6.40. The number of anilines is 1. The molecule has 0 saturated heterocycles. The topological polar surface area (TPSA) is 32.5 Å². The lowest BCUT2D eigenvalue weighted by atomic mass is 9.98. The molecule has 0 spiro atoms. The second kappa shape index (κ2) is 5.52. The minimum absolute atomic E-state index is 0.968. The summed E-state index contributed by atoms with van der Waals surface area (Å²) in [6, 6.07) is 6.29. The van der Waals surface area contributed by atoms with E-state index in [1.807, 2.05) is 6.07 Å². The van der Waals surface area contributed by atoms with Crippen molar-refractivity contribution in [2.24, 2.45) is 0 Å². The zero-order valence-corrected chi connectivity index (χ0v) is 10.9. The fourth-order valence-electron chi connectivity index (χ4n) is 2.50. The van der Waals surface area contributed by atoms with Crippen LogP contribution in [0.2, 0.25) is 0 Å². The highest BCUT2D eigenvalue weighted by Crippen LogP contribution is 2.23. The van der Waals surface area contributed by atoms with Crippen LogP contribution in [0.1, 0.15) is 17.5 Å². The molecular weight excluding hydrogens is 210 g/mol. The van der Waals surface area contributed by atoms with Gasteiger partial charge in [-0.3, -0.25) is 4.90 Å². The molecule has 3 nitrogen and oxygen atoms in total. The molecule has 0 bridgehead atoms. The molecule has 1 aliphatic rings. The van der Waals surface area contributed by atoms with Crippen LogP contribution < -0.4 is 5.73 Å². The summed E-state index contributed by atoms with van der Waals surface area (Å²) in [5, 5.41) is 0. The van der Waals surface area contributed by atoms with Gasteiger partial charge < -0.3 is 10.6 Å². The molecule has 2 rings (SSSR count). The SMILES string of the molecule is CN(C)CCCN1CCc2c(N)cccc2C1. The summed E-state index contributed by atoms with van der Waals surface area (Å²) in [5.74, 6) is 0. The molecule has 0 unspecified atom stereocenters. The van der Waals surface area contributed by atoms with Crippen LogP contribution in [0.15, 0.2) is 18.2 Å². The Balaban J connectivity index is 1.90. The molecule has 94 valence electrons. The van der Waals surface area contributed by atoms with Crippen molar-refractivity contribution in [3.63, 3.8) is 0 Å². The second-order valence-corrected chi connectivity index (χ2v) is 5.17. The van der Waals surface area contributed by atoms with Crippen molar-refractivity contribution in [2.45, 2.75) is 19.4 Å². The largest absolute Gasteiger partial charge is 0.398 e. The maximum absolute atomic E-state index is 6.00. The van der Waals surface area contributed by atoms with Crippen LogP contribution in [0.3, 0.4) is 0 Å². The van der Waals surface area contributed by atoms with Gasteiger partial charge in [0, 0.05) is 18.8 Å². The van der Waals surface area contributed by atoms with Gasteiger partial charge in [-0.2, -0.15) is 0 Å². The van der Waals surface area contributed by atoms with E-state index in [0.29, 0.717) is 0 Å². The van der Waals surface area contributed by atoms with Crippen molar-refractivity contribution >= 4 is 5.69 Å². The monoisotopic (exact) mass is 233 g/mol. The average molecular weight is 233 g/mol. The van der Waals surface area contributed by atoms with Crippen molar-refractivity contribution in [3.8, 4) is 0 Å². The predicted octanol–water partition coefficient (Wildman–Crippen LogP) is 1.58. The van der Waals surface area contributed by atoms with Crippen molar-refractivity contribution in [3.05, 3.63) is 29.3 Å². The summed E-state index contributed by atoms with van der Waals surface area (Å²) in [5.41, 5.74) is 9.76. The minimum Gasteiger partial charge on any atom is -0.398 e. The Hall–Kier alpha value is -1.06. The van der Waals surface area contributed by atoms with Gasteiger partial charge in [-0.25, -0.2) is 0 Å². The number of nitrogens with zero attached hydrogens (tertiary/aromatic N) is 2. The molecule has 1 aromatic carbocycles. The number of rotatable bonds is 4. The van der Waals surface area contributed by atoms with Gasteiger partial charge in [0.15, 0.2) is 0 Å². The van der Waals surface area contributed by atoms with Crippen molar-refractivity contribution in [1.82, 2.24) is 9.80 Å². The predicted molar refractivity (Wildman–Crippen MR) is 73.0 cm³/mol. The highest BCUT2D eigenvalue weighted by Gasteiger charge is 2.17. The van der Waals surface area contributed by atoms with E-state index in [0.717, 1.165) is 25.2 Å². The van der Waals surface area contributed by atoms with Crippen LogP contribution in [0.4, 0.5) is 5.69 Å². The fourth-order valence-corrected chi connectivity index (χ4v) is 2.50. The Bertz CT molecular complexity index is 374. The van der Waals surface area contributed by atoms with Crippen molar-refractivity contribution in [1.29, 1.82) is 0 Å². The zero-order chi connectivity index (χ0) is 12.3. The lowest BCUT2D eigenvalue weighted by Gasteiger charge is -2.29. The molecule has 0 atom stereocenters. The summed E-state index contributed by atoms with van der Waals surface area (Å²) in [7, 11) is 4.26. The molecule has 0 fully saturated rings. The van der Waals surface area contributed by atoms with E-state index in [4.69, 9.17) is 5.73 Å². The summed E-state index contributed by atoms with van der Waals surface area (Å²) < 4.78 is 0. The maximum Gasteiger partial charge on any atom is 0.0350 e. The van der Waals surface area contributed by atoms with E-state index in [9.17, 15) is 0 Å². The Morgan fingerprint density at radius 2 is 2.18 bits per heavy atom. The van der Waals surface area contributed by atoms with Crippen LogP contribution in [-0.4, -0.2) is 43.5 Å². The van der Waals surface area contributed by atoms with E-state index in [1.54, 1.807) is 0 Å². The fraction of sp³-hybridized carbons (Fsp3) is 0.571. The summed E-state index contributed by atoms with van der Waals surface area (Å²) in [6.45, 7) is 4.56. The average Bonchev–Trinajstić information content (AvgIpc) is 2.29. The Labute approximate surface area is 104 Å². The minimum atomic E-state index is 0.968. The van der Waals surface area contributed by atoms with Gasteiger partial charge in [0.25, 0.3) is 0 Å². The summed E-state index contributed by atoms with van der Waals surface area (Å²) >= 11 is 0. The second-order valence-electron chi connectivity index (χ2n) is 5.17. The molecular formula is C14H23N3. The first-order chi connectivity index (χ1) is 8.16. The van der Waals surface area contributed by atoms with Gasteiger partial charge >= 0.3 is 0 Å². The smallest absolute Gasteiger partial charge is 0.0350 e. The Morgan fingerprint density at radius 1 is 1.35 bits per heavy atom. The highest BCUT2D eigenvalue weighted by molar-refractivity contribution is 5.51. The number of hydrogen-bond donors (Lipinski definition) is 1. The number of benzene rings is 1. The van der Waals surface area contributed by atoms with Gasteiger partial charge in [-0.1, -0.05) is 12.1 Å². The number of nitrogens with two attached hydrogens (primary N) is 1. The standard InChI is InChI=1S/C14H23N3/c1-16(2)8-4-9-17-10-7-13-12(11-17)5-3-6-14(13)15/h3,5-6H,4,7-11,15H2,1-2H3. The van der Waals surface area contributed by atoms with E-state index < -0.39 is 0 Å². The zero-order valence-electron chi connectivity index (χ0n) is 10.9. The normalized spacial score (nSPS) is 16.2. The van der Waals surface area contributed by atoms with E-state index >= 15 is 0 Å². The molecule has 1 heterocycles. The number of fused-ring (bicyclic) bond motifs is 1. The van der Waals surface area contributed by atoms with Gasteiger partial charge in [0.05, 0.1) is 0 Å². The lowest BCUT2D eigenvalue weighted by molar-refractivity contribution is 0.238. The molecule has 2 N–H and O–H groups in total. The molecule has 0 radical (unpaired) electrons. The lowest BCUT2D eigenvalue weighted by Crippen LogP contribution is -2.33. The molecule has 0 saturated carbocycles. The molecule has 0 aromatic heterocycles. The van der Waals surface area contributed by atoms with Gasteiger partial charge in [-0.15, -0.1) is 0 Å². The van der Waals surface area contributed by atoms with Crippen LogP contribution in [0, 0.1) is 0 Å². The summed E-state index contributed by atoms with van der Waals surface area (Å²) in [4.78, 5) is 4.78. The molecule has 0 aliphatic carbocycles. The van der Waals surface area contributed by atoms with Crippen molar-refractivity contribution in [2.75, 3.05) is 39.5 Å². The Kier molecular flexibility index (Phi) is 4.02. The van der Waals surface area contributed by atoms with Crippen LogP contribution in [0.5, 0.6) is 0 Å². The van der Waals surface area contributed by atoms with Crippen LogP contribution in [0.25, 0.3) is 0 Å².